The zero-order valence-electron chi connectivity index (χ0n) is 12.8. The Labute approximate surface area is 149 Å². The fraction of sp³-hybridized carbons (Fsp3) is 0.308. The van der Waals surface area contributed by atoms with Crippen molar-refractivity contribution in [2.24, 2.45) is 10.3 Å². The fourth-order valence-electron chi connectivity index (χ4n) is 2.42. The van der Waals surface area contributed by atoms with Gasteiger partial charge in [0.2, 0.25) is 0 Å². The summed E-state index contributed by atoms with van der Waals surface area (Å²) in [5.41, 5.74) is 2.08. The Hall–Kier alpha value is -1.86. The largest absolute Gasteiger partial charge is 0.579 e. The SMILES string of the molecule is N[S+]([O-])NCCSc1nonc1/C(=N/O)N[C@@H]1Cc2ccc(F)cc21. The van der Waals surface area contributed by atoms with E-state index in [-0.39, 0.29) is 23.4 Å². The van der Waals surface area contributed by atoms with Gasteiger partial charge < -0.3 is 15.1 Å². The molecule has 1 heterocycles. The van der Waals surface area contributed by atoms with Crippen LogP contribution in [0.1, 0.15) is 22.9 Å². The van der Waals surface area contributed by atoms with Crippen molar-refractivity contribution in [3.63, 3.8) is 0 Å². The molecular formula is C13H15FN6O3S2. The highest BCUT2D eigenvalue weighted by molar-refractivity contribution is 7.99. The molecule has 9 nitrogen and oxygen atoms in total. The van der Waals surface area contributed by atoms with Crippen LogP contribution in [0.15, 0.2) is 33.0 Å². The molecule has 25 heavy (non-hydrogen) atoms. The number of hydrogen-bond donors (Lipinski definition) is 4. The maximum absolute atomic E-state index is 13.4. The van der Waals surface area contributed by atoms with Gasteiger partial charge in [-0.1, -0.05) is 23.0 Å². The number of oxime groups is 1. The third-order valence-electron chi connectivity index (χ3n) is 3.59. The molecule has 1 aromatic carbocycles. The van der Waals surface area contributed by atoms with E-state index in [0.717, 1.165) is 11.1 Å². The van der Waals surface area contributed by atoms with E-state index in [9.17, 15) is 14.2 Å². The number of thioether (sulfide) groups is 1. The molecule has 0 saturated carbocycles. The second-order valence-electron chi connectivity index (χ2n) is 5.15. The van der Waals surface area contributed by atoms with Crippen LogP contribution in [-0.2, 0) is 18.0 Å². The summed E-state index contributed by atoms with van der Waals surface area (Å²) in [4.78, 5) is 0. The van der Waals surface area contributed by atoms with Crippen LogP contribution in [0.5, 0.6) is 0 Å². The minimum absolute atomic E-state index is 0.0824. The molecule has 0 amide bonds. The topological polar surface area (TPSA) is 145 Å². The van der Waals surface area contributed by atoms with Crippen LogP contribution < -0.4 is 15.2 Å². The zero-order chi connectivity index (χ0) is 17.8. The van der Waals surface area contributed by atoms with Crippen LogP contribution in [-0.4, -0.2) is 38.2 Å². The Balaban J connectivity index is 1.64. The van der Waals surface area contributed by atoms with Crippen molar-refractivity contribution in [1.29, 1.82) is 0 Å². The summed E-state index contributed by atoms with van der Waals surface area (Å²) < 4.78 is 31.4. The number of amidine groups is 1. The molecule has 2 aromatic rings. The Morgan fingerprint density at radius 2 is 2.40 bits per heavy atom. The lowest BCUT2D eigenvalue weighted by Crippen LogP contribution is -2.36. The molecule has 1 aliphatic carbocycles. The standard InChI is InChI=1S/C13H15FN6O3S2/c14-8-2-1-7-5-10(9(7)6-8)17-12(18-21)11-13(20-23-19-11)24-4-3-16-25(15)22/h1-2,6,10,16,21H,3-5,15H2,(H,17,18)/t10-,25?/m1/s1. The second kappa shape index (κ2) is 8.01. The minimum Gasteiger partial charge on any atom is -0.579 e. The fourth-order valence-corrected chi connectivity index (χ4v) is 3.61. The van der Waals surface area contributed by atoms with Gasteiger partial charge in [-0.05, 0) is 40.0 Å². The molecule has 1 aliphatic rings. The van der Waals surface area contributed by atoms with Gasteiger partial charge in [0.25, 0.3) is 0 Å². The molecule has 0 fully saturated rings. The first kappa shape index (κ1) is 17.9. The third kappa shape index (κ3) is 4.22. The van der Waals surface area contributed by atoms with Gasteiger partial charge in [-0.3, -0.25) is 0 Å². The molecule has 0 spiro atoms. The highest BCUT2D eigenvalue weighted by Gasteiger charge is 2.29. The Kier molecular flexibility index (Phi) is 5.75. The van der Waals surface area contributed by atoms with Gasteiger partial charge in [0.05, 0.1) is 12.6 Å². The number of halogens is 1. The smallest absolute Gasteiger partial charge is 0.198 e. The van der Waals surface area contributed by atoms with E-state index >= 15 is 0 Å². The molecule has 5 N–H and O–H groups in total. The molecule has 3 rings (SSSR count). The van der Waals surface area contributed by atoms with Crippen molar-refractivity contribution in [3.8, 4) is 0 Å². The van der Waals surface area contributed by atoms with Crippen LogP contribution in [0.4, 0.5) is 4.39 Å². The normalized spacial score (nSPS) is 17.7. The van der Waals surface area contributed by atoms with Crippen molar-refractivity contribution in [2.75, 3.05) is 12.3 Å². The zero-order valence-corrected chi connectivity index (χ0v) is 14.4. The number of rotatable bonds is 7. The summed E-state index contributed by atoms with van der Waals surface area (Å²) in [6.45, 7) is 0.383. The van der Waals surface area contributed by atoms with Gasteiger partial charge in [-0.15, -0.1) is 9.86 Å². The quantitative estimate of drug-likeness (QED) is 0.101. The molecule has 0 bridgehead atoms. The van der Waals surface area contributed by atoms with Crippen molar-refractivity contribution in [1.82, 2.24) is 20.4 Å². The molecule has 2 atom stereocenters. The number of aromatic nitrogens is 2. The summed E-state index contributed by atoms with van der Waals surface area (Å²) >= 11 is -0.315. The average molecular weight is 386 g/mol. The number of benzene rings is 1. The van der Waals surface area contributed by atoms with E-state index in [1.54, 1.807) is 6.07 Å². The average Bonchev–Trinajstić information content (AvgIpc) is 3.03. The number of nitrogens with two attached hydrogens (primary N) is 1. The molecule has 134 valence electrons. The first-order valence-corrected chi connectivity index (χ1v) is 9.40. The van der Waals surface area contributed by atoms with Gasteiger partial charge in [-0.2, -0.15) is 0 Å². The summed E-state index contributed by atoms with van der Waals surface area (Å²) in [5, 5.41) is 28.5. The lowest BCUT2D eigenvalue weighted by atomic mass is 9.83. The van der Waals surface area contributed by atoms with Gasteiger partial charge >= 0.3 is 0 Å². The minimum atomic E-state index is -1.58. The predicted molar refractivity (Wildman–Crippen MR) is 89.7 cm³/mol. The van der Waals surface area contributed by atoms with Gasteiger partial charge in [0.1, 0.15) is 17.4 Å². The lowest BCUT2D eigenvalue weighted by molar-refractivity contribution is 0.296. The van der Waals surface area contributed by atoms with Crippen molar-refractivity contribution >= 4 is 29.1 Å². The van der Waals surface area contributed by atoms with Gasteiger partial charge in [0.15, 0.2) is 16.6 Å². The Morgan fingerprint density at radius 3 is 3.16 bits per heavy atom. The van der Waals surface area contributed by atoms with E-state index in [0.29, 0.717) is 23.7 Å². The Morgan fingerprint density at radius 1 is 1.56 bits per heavy atom. The molecule has 12 heteroatoms. The van der Waals surface area contributed by atoms with E-state index in [1.807, 2.05) is 0 Å². The highest BCUT2D eigenvalue weighted by atomic mass is 32.2. The summed E-state index contributed by atoms with van der Waals surface area (Å²) in [5.74, 6) is 0.260. The maximum Gasteiger partial charge on any atom is 0.198 e. The third-order valence-corrected chi connectivity index (χ3v) is 5.02. The van der Waals surface area contributed by atoms with Crippen molar-refractivity contribution in [3.05, 3.63) is 40.8 Å². The van der Waals surface area contributed by atoms with Crippen LogP contribution in [0.25, 0.3) is 0 Å². The maximum atomic E-state index is 13.4. The summed E-state index contributed by atoms with van der Waals surface area (Å²) in [6, 6.07) is 4.40. The highest BCUT2D eigenvalue weighted by Crippen LogP contribution is 2.34. The monoisotopic (exact) mass is 386 g/mol. The first-order chi connectivity index (χ1) is 12.1. The van der Waals surface area contributed by atoms with E-state index in [4.69, 9.17) is 9.77 Å². The van der Waals surface area contributed by atoms with Crippen LogP contribution in [0.2, 0.25) is 0 Å². The molecule has 1 aromatic heterocycles. The van der Waals surface area contributed by atoms with E-state index in [2.05, 4.69) is 25.5 Å². The van der Waals surface area contributed by atoms with E-state index < -0.39 is 11.5 Å². The van der Waals surface area contributed by atoms with E-state index in [1.165, 1.54) is 23.9 Å². The second-order valence-corrected chi connectivity index (χ2v) is 7.12. The molecule has 0 aliphatic heterocycles. The molecule has 1 unspecified atom stereocenters. The molecule has 0 radical (unpaired) electrons. The molecular weight excluding hydrogens is 371 g/mol. The number of nitrogens with zero attached hydrogens (tertiary/aromatic N) is 3. The number of hydrogen-bond acceptors (Lipinski definition) is 9. The lowest BCUT2D eigenvalue weighted by Gasteiger charge is -2.31. The molecule has 0 saturated heterocycles. The van der Waals surface area contributed by atoms with Gasteiger partial charge in [-0.25, -0.2) is 9.02 Å². The van der Waals surface area contributed by atoms with Crippen LogP contribution >= 0.6 is 11.8 Å². The summed E-state index contributed by atoms with van der Waals surface area (Å²) in [7, 11) is 0. The van der Waals surface area contributed by atoms with Crippen LogP contribution in [0, 0.1) is 5.82 Å². The van der Waals surface area contributed by atoms with Crippen molar-refractivity contribution in [2.45, 2.75) is 17.5 Å². The predicted octanol–water partition coefficient (Wildman–Crippen LogP) is 0.451. The van der Waals surface area contributed by atoms with Gasteiger partial charge in [0, 0.05) is 5.75 Å². The Bertz CT molecular complexity index is 772. The number of nitrogens with one attached hydrogen (secondary N) is 2. The van der Waals surface area contributed by atoms with Crippen LogP contribution in [0.3, 0.4) is 0 Å². The summed E-state index contributed by atoms with van der Waals surface area (Å²) in [6.07, 6.45) is 0.675. The first-order valence-electron chi connectivity index (χ1n) is 7.20. The van der Waals surface area contributed by atoms with Crippen molar-refractivity contribution < 1.29 is 18.8 Å². The number of fused-ring (bicyclic) bond motifs is 1.